The number of nitrogens with one attached hydrogen (secondary N) is 2. The van der Waals surface area contributed by atoms with Crippen LogP contribution in [0.25, 0.3) is 11.4 Å². The van der Waals surface area contributed by atoms with Gasteiger partial charge >= 0.3 is 0 Å². The maximum absolute atomic E-state index is 13.2. The first kappa shape index (κ1) is 20.0. The summed E-state index contributed by atoms with van der Waals surface area (Å²) in [5.74, 6) is -0.0226. The molecule has 0 radical (unpaired) electrons. The molecule has 7 nitrogen and oxygen atoms in total. The normalized spacial score (nSPS) is 16.0. The fraction of sp³-hybridized carbons (Fsp3) is 0.364. The molecule has 2 N–H and O–H groups in total. The zero-order valence-electron chi connectivity index (χ0n) is 16.6. The maximum Gasteiger partial charge on any atom is 0.254 e. The molecule has 1 amide bonds. The first-order chi connectivity index (χ1) is 14.6. The summed E-state index contributed by atoms with van der Waals surface area (Å²) in [6.45, 7) is 1.35. The van der Waals surface area contributed by atoms with Crippen molar-refractivity contribution in [1.29, 1.82) is 0 Å². The number of halogens is 1. The van der Waals surface area contributed by atoms with Gasteiger partial charge in [0.25, 0.3) is 5.56 Å². The molecule has 0 fully saturated rings. The Morgan fingerprint density at radius 3 is 2.80 bits per heavy atom. The van der Waals surface area contributed by atoms with Gasteiger partial charge in [0.1, 0.15) is 11.6 Å². The Hall–Kier alpha value is -3.29. The van der Waals surface area contributed by atoms with Gasteiger partial charge in [0.15, 0.2) is 0 Å². The van der Waals surface area contributed by atoms with E-state index in [-0.39, 0.29) is 23.2 Å². The molecule has 30 heavy (non-hydrogen) atoms. The van der Waals surface area contributed by atoms with Gasteiger partial charge in [-0.15, -0.1) is 0 Å². The lowest BCUT2D eigenvalue weighted by Gasteiger charge is -2.14. The summed E-state index contributed by atoms with van der Waals surface area (Å²) in [6.07, 6.45) is 6.80. The molecule has 1 aliphatic carbocycles. The zero-order chi connectivity index (χ0) is 20.9. The van der Waals surface area contributed by atoms with E-state index in [1.807, 2.05) is 16.9 Å². The van der Waals surface area contributed by atoms with E-state index in [1.54, 1.807) is 18.3 Å². The third-order valence-corrected chi connectivity index (χ3v) is 5.48. The zero-order valence-corrected chi connectivity index (χ0v) is 16.6. The van der Waals surface area contributed by atoms with Crippen LogP contribution < -0.4 is 10.9 Å². The van der Waals surface area contributed by atoms with Crippen molar-refractivity contribution in [2.75, 3.05) is 6.54 Å². The van der Waals surface area contributed by atoms with Crippen LogP contribution in [-0.2, 0) is 24.2 Å². The molecule has 1 aliphatic rings. The number of aromatic nitrogens is 4. The molecule has 0 aliphatic heterocycles. The summed E-state index contributed by atoms with van der Waals surface area (Å²) < 4.78 is 15.0. The number of rotatable bonds is 6. The maximum atomic E-state index is 13.2. The molecule has 8 heteroatoms. The van der Waals surface area contributed by atoms with Crippen LogP contribution in [0.1, 0.15) is 30.5 Å². The summed E-state index contributed by atoms with van der Waals surface area (Å²) in [7, 11) is 0. The first-order valence-electron chi connectivity index (χ1n) is 10.2. The van der Waals surface area contributed by atoms with Crippen LogP contribution >= 0.6 is 0 Å². The molecule has 0 saturated heterocycles. The highest BCUT2D eigenvalue weighted by molar-refractivity contribution is 5.78. The molecule has 156 valence electrons. The number of H-pyrrole nitrogens is 1. The van der Waals surface area contributed by atoms with Crippen LogP contribution in [0.15, 0.2) is 47.5 Å². The van der Waals surface area contributed by atoms with Crippen LogP contribution in [-0.4, -0.2) is 32.2 Å². The SMILES string of the molecule is O=C(NCCCn1cccn1)C1CCc2nc(-c3ccc(F)cc3)[nH]c(=O)c2CC1. The molecule has 0 saturated carbocycles. The highest BCUT2D eigenvalue weighted by Gasteiger charge is 2.25. The molecule has 2 aromatic heterocycles. The molecule has 4 rings (SSSR count). The van der Waals surface area contributed by atoms with Gasteiger partial charge < -0.3 is 10.3 Å². The lowest BCUT2D eigenvalue weighted by Crippen LogP contribution is -2.32. The Morgan fingerprint density at radius 2 is 2.03 bits per heavy atom. The number of carbonyl (C=O) groups is 1. The van der Waals surface area contributed by atoms with Crippen molar-refractivity contribution in [2.24, 2.45) is 5.92 Å². The monoisotopic (exact) mass is 409 g/mol. The van der Waals surface area contributed by atoms with Gasteiger partial charge in [0.2, 0.25) is 5.91 Å². The lowest BCUT2D eigenvalue weighted by molar-refractivity contribution is -0.125. The van der Waals surface area contributed by atoms with E-state index in [1.165, 1.54) is 12.1 Å². The van der Waals surface area contributed by atoms with Gasteiger partial charge in [-0.05, 0) is 62.4 Å². The van der Waals surface area contributed by atoms with Gasteiger partial charge in [-0.3, -0.25) is 14.3 Å². The van der Waals surface area contributed by atoms with Crippen LogP contribution in [0, 0.1) is 11.7 Å². The molecule has 1 unspecified atom stereocenters. The number of hydrogen-bond acceptors (Lipinski definition) is 4. The molecule has 1 aromatic carbocycles. The first-order valence-corrected chi connectivity index (χ1v) is 10.2. The molecule has 1 atom stereocenters. The lowest BCUT2D eigenvalue weighted by atomic mass is 9.99. The number of fused-ring (bicyclic) bond motifs is 1. The van der Waals surface area contributed by atoms with E-state index >= 15 is 0 Å². The van der Waals surface area contributed by atoms with Crippen molar-refractivity contribution in [2.45, 2.75) is 38.6 Å². The second-order valence-corrected chi connectivity index (χ2v) is 7.53. The predicted molar refractivity (Wildman–Crippen MR) is 110 cm³/mol. The van der Waals surface area contributed by atoms with Crippen molar-refractivity contribution < 1.29 is 9.18 Å². The van der Waals surface area contributed by atoms with Crippen molar-refractivity contribution in [3.8, 4) is 11.4 Å². The van der Waals surface area contributed by atoms with Crippen molar-refractivity contribution in [3.05, 3.63) is 70.2 Å². The van der Waals surface area contributed by atoms with E-state index in [4.69, 9.17) is 0 Å². The highest BCUT2D eigenvalue weighted by Crippen LogP contribution is 2.23. The summed E-state index contributed by atoms with van der Waals surface area (Å²) in [6, 6.07) is 7.74. The summed E-state index contributed by atoms with van der Waals surface area (Å²) in [5.41, 5.74) is 1.86. The van der Waals surface area contributed by atoms with Gasteiger partial charge in [-0.2, -0.15) is 5.10 Å². The quantitative estimate of drug-likeness (QED) is 0.483. The molecule has 0 spiro atoms. The molecule has 3 aromatic rings. The third kappa shape index (κ3) is 4.64. The number of amides is 1. The third-order valence-electron chi connectivity index (χ3n) is 5.48. The van der Waals surface area contributed by atoms with Gasteiger partial charge in [-0.25, -0.2) is 9.37 Å². The van der Waals surface area contributed by atoms with Crippen LogP contribution in [0.5, 0.6) is 0 Å². The molecular weight excluding hydrogens is 385 g/mol. The molecular formula is C22H24FN5O2. The smallest absolute Gasteiger partial charge is 0.254 e. The van der Waals surface area contributed by atoms with Gasteiger partial charge in [-0.1, -0.05) is 0 Å². The Morgan fingerprint density at radius 1 is 1.23 bits per heavy atom. The molecule has 0 bridgehead atoms. The highest BCUT2D eigenvalue weighted by atomic mass is 19.1. The summed E-state index contributed by atoms with van der Waals surface area (Å²) in [5, 5.41) is 7.15. The van der Waals surface area contributed by atoms with Crippen LogP contribution in [0.3, 0.4) is 0 Å². The van der Waals surface area contributed by atoms with Crippen molar-refractivity contribution in [1.82, 2.24) is 25.1 Å². The van der Waals surface area contributed by atoms with E-state index in [2.05, 4.69) is 20.4 Å². The fourth-order valence-corrected chi connectivity index (χ4v) is 3.82. The number of hydrogen-bond donors (Lipinski definition) is 2. The number of aryl methyl sites for hydroxylation is 2. The summed E-state index contributed by atoms with van der Waals surface area (Å²) >= 11 is 0. The predicted octanol–water partition coefficient (Wildman–Crippen LogP) is 2.47. The Kier molecular flexibility index (Phi) is 6.02. The Labute approximate surface area is 173 Å². The topological polar surface area (TPSA) is 92.7 Å². The second kappa shape index (κ2) is 9.02. The largest absolute Gasteiger partial charge is 0.356 e. The number of carbonyl (C=O) groups excluding carboxylic acids is 1. The minimum atomic E-state index is -0.339. The van der Waals surface area contributed by atoms with Crippen molar-refractivity contribution >= 4 is 5.91 Å². The average molecular weight is 409 g/mol. The molecule has 2 heterocycles. The van der Waals surface area contributed by atoms with Crippen LogP contribution in [0.4, 0.5) is 4.39 Å². The van der Waals surface area contributed by atoms with Crippen LogP contribution in [0.2, 0.25) is 0 Å². The average Bonchev–Trinajstić information content (AvgIpc) is 3.16. The van der Waals surface area contributed by atoms with E-state index < -0.39 is 0 Å². The minimum absolute atomic E-state index is 0.0264. The van der Waals surface area contributed by atoms with Gasteiger partial charge in [0.05, 0.1) is 5.69 Å². The summed E-state index contributed by atoms with van der Waals surface area (Å²) in [4.78, 5) is 32.6. The van der Waals surface area contributed by atoms with Crippen molar-refractivity contribution in [3.63, 3.8) is 0 Å². The minimum Gasteiger partial charge on any atom is -0.356 e. The fourth-order valence-electron chi connectivity index (χ4n) is 3.82. The van der Waals surface area contributed by atoms with E-state index in [0.29, 0.717) is 49.2 Å². The standard InChI is InChI=1S/C22H24FN5O2/c23-17-7-3-15(4-8-17)20-26-19-10-6-16(5-9-18(19)22(30)27-20)21(29)24-11-1-13-28-14-2-12-25-28/h2-4,7-8,12,14,16H,1,5-6,9-11,13H2,(H,24,29)(H,26,27,30). The van der Waals surface area contributed by atoms with Gasteiger partial charge in [0, 0.05) is 42.5 Å². The second-order valence-electron chi connectivity index (χ2n) is 7.53. The van der Waals surface area contributed by atoms with E-state index in [9.17, 15) is 14.0 Å². The van der Waals surface area contributed by atoms with E-state index in [0.717, 1.165) is 18.7 Å². The number of nitrogens with zero attached hydrogens (tertiary/aromatic N) is 3. The number of aromatic amines is 1. The Balaban J connectivity index is 1.37. The Bertz CT molecular complexity index is 1060. The number of benzene rings is 1.